The van der Waals surface area contributed by atoms with E-state index < -0.39 is 17.4 Å². The zero-order valence-electron chi connectivity index (χ0n) is 20.5. The lowest BCUT2D eigenvalue weighted by Gasteiger charge is -2.34. The molecular formula is C31H30O4. The largest absolute Gasteiger partial charge is 0.465 e. The summed E-state index contributed by atoms with van der Waals surface area (Å²) in [5, 5.41) is 0. The van der Waals surface area contributed by atoms with E-state index in [1.807, 2.05) is 79.7 Å². The second kappa shape index (κ2) is 10.6. The minimum Gasteiger partial charge on any atom is -0.465 e. The van der Waals surface area contributed by atoms with Crippen molar-refractivity contribution in [2.24, 2.45) is 5.41 Å². The normalized spacial score (nSPS) is 13.9. The number of ether oxygens (including phenoxy) is 2. The SMILES string of the molecule is CCOC(=O)C1(C(=O)OCC)CC(=C=C(c2ccccc2)c2ccccc2)c2cc(C)ccc2C1. The molecule has 0 radical (unpaired) electrons. The first kappa shape index (κ1) is 24.3. The third kappa shape index (κ3) is 4.99. The number of hydrogen-bond acceptors (Lipinski definition) is 4. The molecular weight excluding hydrogens is 436 g/mol. The molecule has 178 valence electrons. The van der Waals surface area contributed by atoms with E-state index in [-0.39, 0.29) is 26.1 Å². The Morgan fingerprint density at radius 3 is 1.86 bits per heavy atom. The van der Waals surface area contributed by atoms with Crippen LogP contribution in [0.5, 0.6) is 0 Å². The Hall–Kier alpha value is -3.88. The summed E-state index contributed by atoms with van der Waals surface area (Å²) in [5.41, 5.74) is 8.89. The van der Waals surface area contributed by atoms with Crippen molar-refractivity contribution in [1.29, 1.82) is 0 Å². The number of benzene rings is 3. The molecule has 0 saturated heterocycles. The van der Waals surface area contributed by atoms with Crippen molar-refractivity contribution in [1.82, 2.24) is 0 Å². The van der Waals surface area contributed by atoms with Crippen molar-refractivity contribution in [3.05, 3.63) is 112 Å². The van der Waals surface area contributed by atoms with Gasteiger partial charge in [0.25, 0.3) is 0 Å². The van der Waals surface area contributed by atoms with Crippen LogP contribution in [-0.4, -0.2) is 25.2 Å². The highest BCUT2D eigenvalue weighted by atomic mass is 16.6. The van der Waals surface area contributed by atoms with Gasteiger partial charge in [0, 0.05) is 24.0 Å². The van der Waals surface area contributed by atoms with Gasteiger partial charge in [-0.05, 0) is 43.0 Å². The average molecular weight is 467 g/mol. The molecule has 0 fully saturated rings. The number of hydrogen-bond donors (Lipinski definition) is 0. The number of carbonyl (C=O) groups excluding carboxylic acids is 2. The van der Waals surface area contributed by atoms with E-state index in [0.29, 0.717) is 0 Å². The molecule has 3 aromatic rings. The van der Waals surface area contributed by atoms with Gasteiger partial charge < -0.3 is 9.47 Å². The van der Waals surface area contributed by atoms with Crippen LogP contribution < -0.4 is 0 Å². The third-order valence-electron chi connectivity index (χ3n) is 6.29. The summed E-state index contributed by atoms with van der Waals surface area (Å²) in [6.07, 6.45) is 0.391. The quantitative estimate of drug-likeness (QED) is 0.248. The third-order valence-corrected chi connectivity index (χ3v) is 6.29. The summed E-state index contributed by atoms with van der Waals surface area (Å²) in [6, 6.07) is 26.2. The van der Waals surface area contributed by atoms with Gasteiger partial charge in [-0.3, -0.25) is 9.59 Å². The zero-order chi connectivity index (χ0) is 24.8. The van der Waals surface area contributed by atoms with Crippen molar-refractivity contribution in [3.8, 4) is 0 Å². The van der Waals surface area contributed by atoms with Crippen LogP contribution >= 0.6 is 0 Å². The molecule has 4 nitrogen and oxygen atoms in total. The molecule has 4 rings (SSSR count). The summed E-state index contributed by atoms with van der Waals surface area (Å²) >= 11 is 0. The highest BCUT2D eigenvalue weighted by Crippen LogP contribution is 2.44. The highest BCUT2D eigenvalue weighted by Gasteiger charge is 2.52. The molecule has 0 aliphatic heterocycles. The van der Waals surface area contributed by atoms with Crippen LogP contribution in [0.1, 0.15) is 48.1 Å². The summed E-state index contributed by atoms with van der Waals surface area (Å²) in [7, 11) is 0. The van der Waals surface area contributed by atoms with E-state index in [1.165, 1.54) is 0 Å². The number of fused-ring (bicyclic) bond motifs is 1. The van der Waals surface area contributed by atoms with Crippen molar-refractivity contribution in [2.45, 2.75) is 33.6 Å². The van der Waals surface area contributed by atoms with E-state index in [9.17, 15) is 9.59 Å². The Labute approximate surface area is 206 Å². The van der Waals surface area contributed by atoms with Crippen molar-refractivity contribution in [3.63, 3.8) is 0 Å². The molecule has 0 aromatic heterocycles. The minimum atomic E-state index is -1.45. The molecule has 4 heteroatoms. The predicted octanol–water partition coefficient (Wildman–Crippen LogP) is 6.17. The van der Waals surface area contributed by atoms with E-state index in [1.54, 1.807) is 13.8 Å². The fourth-order valence-electron chi connectivity index (χ4n) is 4.60. The molecule has 0 amide bonds. The van der Waals surface area contributed by atoms with E-state index in [0.717, 1.165) is 39.0 Å². The van der Waals surface area contributed by atoms with Crippen LogP contribution in [0.3, 0.4) is 0 Å². The van der Waals surface area contributed by atoms with Gasteiger partial charge in [-0.2, -0.15) is 0 Å². The van der Waals surface area contributed by atoms with Crippen molar-refractivity contribution in [2.75, 3.05) is 13.2 Å². The van der Waals surface area contributed by atoms with Gasteiger partial charge in [-0.15, -0.1) is 5.73 Å². The van der Waals surface area contributed by atoms with Gasteiger partial charge in [0.15, 0.2) is 5.41 Å². The Kier molecular flexibility index (Phi) is 7.33. The fraction of sp³-hybridized carbons (Fsp3) is 0.258. The first-order valence-corrected chi connectivity index (χ1v) is 12.0. The van der Waals surface area contributed by atoms with Crippen LogP contribution in [0.4, 0.5) is 0 Å². The monoisotopic (exact) mass is 466 g/mol. The van der Waals surface area contributed by atoms with Gasteiger partial charge in [0.05, 0.1) is 13.2 Å². The Balaban J connectivity index is 2.03. The number of rotatable bonds is 6. The lowest BCUT2D eigenvalue weighted by molar-refractivity contribution is -0.172. The fourth-order valence-corrected chi connectivity index (χ4v) is 4.60. The Morgan fingerprint density at radius 2 is 1.34 bits per heavy atom. The maximum atomic E-state index is 13.3. The topological polar surface area (TPSA) is 52.6 Å². The minimum absolute atomic E-state index is 0.157. The first-order chi connectivity index (χ1) is 17.0. The first-order valence-electron chi connectivity index (χ1n) is 12.0. The smallest absolute Gasteiger partial charge is 0.324 e. The predicted molar refractivity (Wildman–Crippen MR) is 138 cm³/mol. The van der Waals surface area contributed by atoms with Crippen LogP contribution in [0, 0.1) is 12.3 Å². The summed E-state index contributed by atoms with van der Waals surface area (Å²) in [5.74, 6) is -1.10. The van der Waals surface area contributed by atoms with Gasteiger partial charge in [0.1, 0.15) is 0 Å². The van der Waals surface area contributed by atoms with Gasteiger partial charge >= 0.3 is 11.9 Å². The van der Waals surface area contributed by atoms with Gasteiger partial charge in [0.2, 0.25) is 0 Å². The molecule has 1 aliphatic rings. The van der Waals surface area contributed by atoms with Crippen LogP contribution in [0.25, 0.3) is 11.1 Å². The number of esters is 2. The van der Waals surface area contributed by atoms with Crippen molar-refractivity contribution < 1.29 is 19.1 Å². The molecule has 1 aliphatic carbocycles. The standard InChI is InChI=1S/C31H30O4/c1-4-34-29(32)31(30(33)35-5-2)20-25-17-16-22(3)18-27(25)26(21-31)19-28(23-12-8-6-9-13-23)24-14-10-7-11-15-24/h6-18H,4-5,20-21H2,1-3H3. The summed E-state index contributed by atoms with van der Waals surface area (Å²) in [6.45, 7) is 5.91. The molecule has 3 aromatic carbocycles. The second-order valence-corrected chi connectivity index (χ2v) is 8.75. The molecule has 0 saturated carbocycles. The van der Waals surface area contributed by atoms with Gasteiger partial charge in [-0.1, -0.05) is 84.4 Å². The highest BCUT2D eigenvalue weighted by molar-refractivity contribution is 6.03. The molecule has 0 heterocycles. The van der Waals surface area contributed by atoms with Crippen LogP contribution in [0.2, 0.25) is 0 Å². The van der Waals surface area contributed by atoms with Crippen LogP contribution in [-0.2, 0) is 25.5 Å². The average Bonchev–Trinajstić information content (AvgIpc) is 2.88. The number of allylic oxidation sites excluding steroid dienone is 1. The van der Waals surface area contributed by atoms with E-state index in [4.69, 9.17) is 9.47 Å². The van der Waals surface area contributed by atoms with Crippen LogP contribution in [0.15, 0.2) is 84.6 Å². The van der Waals surface area contributed by atoms with Gasteiger partial charge in [-0.25, -0.2) is 0 Å². The van der Waals surface area contributed by atoms with E-state index >= 15 is 0 Å². The zero-order valence-corrected chi connectivity index (χ0v) is 20.5. The maximum Gasteiger partial charge on any atom is 0.324 e. The molecule has 0 unspecified atom stereocenters. The maximum absolute atomic E-state index is 13.3. The second-order valence-electron chi connectivity index (χ2n) is 8.75. The summed E-state index contributed by atoms with van der Waals surface area (Å²) < 4.78 is 10.9. The number of aryl methyl sites for hydroxylation is 1. The lowest BCUT2D eigenvalue weighted by Crippen LogP contribution is -2.46. The lowest BCUT2D eigenvalue weighted by atomic mass is 9.69. The Bertz CT molecular complexity index is 1220. The van der Waals surface area contributed by atoms with E-state index in [2.05, 4.69) is 11.8 Å². The summed E-state index contributed by atoms with van der Waals surface area (Å²) in [4.78, 5) is 26.6. The molecule has 0 spiro atoms. The number of carbonyl (C=O) groups is 2. The molecule has 35 heavy (non-hydrogen) atoms. The molecule has 0 N–H and O–H groups in total. The molecule has 0 atom stereocenters. The molecule has 0 bridgehead atoms. The Morgan fingerprint density at radius 1 is 0.800 bits per heavy atom. The van der Waals surface area contributed by atoms with Crippen molar-refractivity contribution >= 4 is 23.1 Å².